The molecule has 0 aliphatic heterocycles. The van der Waals surface area contributed by atoms with Crippen molar-refractivity contribution in [2.75, 3.05) is 25.6 Å². The molecular formula is C16H27NO2. The molecule has 0 saturated carbocycles. The molecule has 3 nitrogen and oxygen atoms in total. The maximum Gasteiger partial charge on any atom is 0.142 e. The van der Waals surface area contributed by atoms with Gasteiger partial charge in [-0.25, -0.2) is 0 Å². The Bertz CT molecular complexity index is 388. The van der Waals surface area contributed by atoms with Crippen LogP contribution in [-0.4, -0.2) is 19.8 Å². The minimum atomic E-state index is 0.150. The fraction of sp³-hybridized carbons (Fsp3) is 0.625. The summed E-state index contributed by atoms with van der Waals surface area (Å²) in [5.74, 6) is 0.746. The Morgan fingerprint density at radius 3 is 2.42 bits per heavy atom. The van der Waals surface area contributed by atoms with Gasteiger partial charge in [0.2, 0.25) is 0 Å². The Hall–Kier alpha value is -1.22. The summed E-state index contributed by atoms with van der Waals surface area (Å²) in [4.78, 5) is 0. The van der Waals surface area contributed by atoms with Crippen LogP contribution in [-0.2, 0) is 10.2 Å². The van der Waals surface area contributed by atoms with Gasteiger partial charge in [0.15, 0.2) is 0 Å². The first-order chi connectivity index (χ1) is 9.01. The molecule has 0 radical (unpaired) electrons. The van der Waals surface area contributed by atoms with Gasteiger partial charge in [-0.2, -0.15) is 0 Å². The molecule has 0 saturated heterocycles. The van der Waals surface area contributed by atoms with Crippen LogP contribution >= 0.6 is 0 Å². The SMILES string of the molecule is CCCOCCOc1ccc(C(C)(C)CC)cc1N. The van der Waals surface area contributed by atoms with Gasteiger partial charge >= 0.3 is 0 Å². The zero-order valence-corrected chi connectivity index (χ0v) is 12.7. The minimum absolute atomic E-state index is 0.150. The van der Waals surface area contributed by atoms with E-state index in [4.69, 9.17) is 15.2 Å². The molecule has 2 N–H and O–H groups in total. The fourth-order valence-electron chi connectivity index (χ4n) is 1.76. The summed E-state index contributed by atoms with van der Waals surface area (Å²) < 4.78 is 11.0. The quantitative estimate of drug-likeness (QED) is 0.575. The van der Waals surface area contributed by atoms with Crippen LogP contribution in [0.15, 0.2) is 18.2 Å². The molecule has 0 heterocycles. The molecule has 1 aromatic rings. The molecule has 0 spiro atoms. The number of nitrogen functional groups attached to an aromatic ring is 1. The van der Waals surface area contributed by atoms with E-state index < -0.39 is 0 Å². The second-order valence-corrected chi connectivity index (χ2v) is 5.45. The number of benzene rings is 1. The average Bonchev–Trinajstić information content (AvgIpc) is 2.40. The molecular weight excluding hydrogens is 238 g/mol. The lowest BCUT2D eigenvalue weighted by Crippen LogP contribution is -2.16. The Labute approximate surface area is 117 Å². The van der Waals surface area contributed by atoms with Crippen LogP contribution in [0.4, 0.5) is 5.69 Å². The molecule has 0 atom stereocenters. The highest BCUT2D eigenvalue weighted by Gasteiger charge is 2.18. The van der Waals surface area contributed by atoms with E-state index in [2.05, 4.69) is 33.8 Å². The van der Waals surface area contributed by atoms with Gasteiger partial charge in [0.1, 0.15) is 12.4 Å². The third kappa shape index (κ3) is 4.75. The van der Waals surface area contributed by atoms with Gasteiger partial charge in [-0.1, -0.05) is 33.8 Å². The van der Waals surface area contributed by atoms with Crippen molar-refractivity contribution in [3.8, 4) is 5.75 Å². The third-order valence-electron chi connectivity index (χ3n) is 3.51. The summed E-state index contributed by atoms with van der Waals surface area (Å²) in [6, 6.07) is 6.08. The van der Waals surface area contributed by atoms with Gasteiger partial charge in [0.25, 0.3) is 0 Å². The lowest BCUT2D eigenvalue weighted by molar-refractivity contribution is 0.101. The Balaban J connectivity index is 2.58. The maximum atomic E-state index is 6.05. The minimum Gasteiger partial charge on any atom is -0.489 e. The molecule has 0 aromatic heterocycles. The molecule has 0 unspecified atom stereocenters. The maximum absolute atomic E-state index is 6.05. The first-order valence-electron chi connectivity index (χ1n) is 7.11. The summed E-state index contributed by atoms with van der Waals surface area (Å²) in [6.45, 7) is 10.7. The van der Waals surface area contributed by atoms with Crippen molar-refractivity contribution >= 4 is 5.69 Å². The summed E-state index contributed by atoms with van der Waals surface area (Å²) in [6.07, 6.45) is 2.11. The molecule has 1 aromatic carbocycles. The van der Waals surface area contributed by atoms with Crippen LogP contribution in [0, 0.1) is 0 Å². The van der Waals surface area contributed by atoms with E-state index in [9.17, 15) is 0 Å². The van der Waals surface area contributed by atoms with Crippen LogP contribution < -0.4 is 10.5 Å². The van der Waals surface area contributed by atoms with Gasteiger partial charge in [-0.3, -0.25) is 0 Å². The number of anilines is 1. The van der Waals surface area contributed by atoms with Gasteiger partial charge < -0.3 is 15.2 Å². The second-order valence-electron chi connectivity index (χ2n) is 5.45. The van der Waals surface area contributed by atoms with Crippen LogP contribution in [0.25, 0.3) is 0 Å². The smallest absolute Gasteiger partial charge is 0.142 e. The first-order valence-corrected chi connectivity index (χ1v) is 7.11. The summed E-state index contributed by atoms with van der Waals surface area (Å²) in [5.41, 5.74) is 8.15. The van der Waals surface area contributed by atoms with Crippen molar-refractivity contribution in [2.24, 2.45) is 0 Å². The zero-order valence-electron chi connectivity index (χ0n) is 12.7. The molecule has 0 aliphatic rings. The lowest BCUT2D eigenvalue weighted by Gasteiger charge is -2.24. The van der Waals surface area contributed by atoms with Gasteiger partial charge in [0.05, 0.1) is 12.3 Å². The van der Waals surface area contributed by atoms with Gasteiger partial charge in [0, 0.05) is 6.61 Å². The van der Waals surface area contributed by atoms with E-state index in [1.54, 1.807) is 0 Å². The van der Waals surface area contributed by atoms with E-state index in [-0.39, 0.29) is 5.41 Å². The first kappa shape index (κ1) is 15.8. The monoisotopic (exact) mass is 265 g/mol. The zero-order chi connectivity index (χ0) is 14.3. The highest BCUT2D eigenvalue weighted by atomic mass is 16.5. The number of hydrogen-bond donors (Lipinski definition) is 1. The van der Waals surface area contributed by atoms with Crippen LogP contribution in [0.2, 0.25) is 0 Å². The van der Waals surface area contributed by atoms with Crippen molar-refractivity contribution in [3.05, 3.63) is 23.8 Å². The van der Waals surface area contributed by atoms with E-state index in [0.717, 1.165) is 25.2 Å². The normalized spacial score (nSPS) is 11.6. The van der Waals surface area contributed by atoms with E-state index in [1.807, 2.05) is 12.1 Å². The predicted octanol–water partition coefficient (Wildman–Crippen LogP) is 3.76. The molecule has 0 bridgehead atoms. The van der Waals surface area contributed by atoms with Crippen molar-refractivity contribution in [2.45, 2.75) is 46.0 Å². The van der Waals surface area contributed by atoms with Crippen molar-refractivity contribution in [1.82, 2.24) is 0 Å². The summed E-state index contributed by atoms with van der Waals surface area (Å²) in [5, 5.41) is 0. The number of nitrogens with two attached hydrogens (primary N) is 1. The highest BCUT2D eigenvalue weighted by Crippen LogP contribution is 2.31. The Morgan fingerprint density at radius 2 is 1.84 bits per heavy atom. The molecule has 3 heteroatoms. The molecule has 0 fully saturated rings. The molecule has 0 amide bonds. The Morgan fingerprint density at radius 1 is 1.11 bits per heavy atom. The Kier molecular flexibility index (Phi) is 6.16. The van der Waals surface area contributed by atoms with Crippen molar-refractivity contribution in [1.29, 1.82) is 0 Å². The molecule has 0 aliphatic carbocycles. The number of ether oxygens (including phenoxy) is 2. The van der Waals surface area contributed by atoms with Gasteiger partial charge in [-0.15, -0.1) is 0 Å². The molecule has 19 heavy (non-hydrogen) atoms. The van der Waals surface area contributed by atoms with Crippen molar-refractivity contribution < 1.29 is 9.47 Å². The highest BCUT2D eigenvalue weighted by molar-refractivity contribution is 5.55. The topological polar surface area (TPSA) is 44.5 Å². The van der Waals surface area contributed by atoms with E-state index in [0.29, 0.717) is 18.9 Å². The summed E-state index contributed by atoms with van der Waals surface area (Å²) in [7, 11) is 0. The molecule has 108 valence electrons. The fourth-order valence-corrected chi connectivity index (χ4v) is 1.76. The lowest BCUT2D eigenvalue weighted by atomic mass is 9.82. The summed E-state index contributed by atoms with van der Waals surface area (Å²) >= 11 is 0. The predicted molar refractivity (Wildman–Crippen MR) is 80.8 cm³/mol. The second kappa shape index (κ2) is 7.39. The number of rotatable bonds is 8. The van der Waals surface area contributed by atoms with E-state index in [1.165, 1.54) is 5.56 Å². The average molecular weight is 265 g/mol. The van der Waals surface area contributed by atoms with Crippen LogP contribution in [0.3, 0.4) is 0 Å². The van der Waals surface area contributed by atoms with Crippen LogP contribution in [0.5, 0.6) is 5.75 Å². The van der Waals surface area contributed by atoms with Crippen molar-refractivity contribution in [3.63, 3.8) is 0 Å². The van der Waals surface area contributed by atoms with Gasteiger partial charge in [-0.05, 0) is 36.0 Å². The number of hydrogen-bond acceptors (Lipinski definition) is 3. The molecule has 1 rings (SSSR count). The third-order valence-corrected chi connectivity index (χ3v) is 3.51. The van der Waals surface area contributed by atoms with E-state index >= 15 is 0 Å². The largest absolute Gasteiger partial charge is 0.489 e. The van der Waals surface area contributed by atoms with Crippen LogP contribution in [0.1, 0.15) is 46.1 Å². The standard InChI is InChI=1S/C16H27NO2/c1-5-9-18-10-11-19-15-8-7-13(12-14(15)17)16(3,4)6-2/h7-8,12H,5-6,9-11,17H2,1-4H3.